The normalized spacial score (nSPS) is 31.6. The first kappa shape index (κ1) is 17.2. The molecule has 1 saturated heterocycles. The van der Waals surface area contributed by atoms with Gasteiger partial charge in [0.1, 0.15) is 11.5 Å². The van der Waals surface area contributed by atoms with Crippen LogP contribution in [-0.2, 0) is 38.1 Å². The van der Waals surface area contributed by atoms with Crippen molar-refractivity contribution < 1.29 is 38.1 Å². The maximum atomic E-state index is 10.7. The average molecular weight is 321 g/mol. The lowest BCUT2D eigenvalue weighted by Gasteiger charge is -2.42. The molecule has 5 unspecified atom stereocenters. The third-order valence-corrected chi connectivity index (χ3v) is 3.78. The molecule has 0 spiro atoms. The summed E-state index contributed by atoms with van der Waals surface area (Å²) in [5.74, 6) is 0.628. The Morgan fingerprint density at radius 1 is 1.05 bits per heavy atom. The van der Waals surface area contributed by atoms with Crippen LogP contribution in [0.25, 0.3) is 0 Å². The molecule has 1 N–H and O–H groups in total. The van der Waals surface area contributed by atoms with Crippen molar-refractivity contribution in [2.45, 2.75) is 36.9 Å². The third kappa shape index (κ3) is 4.33. The summed E-state index contributed by atoms with van der Waals surface area (Å²) in [5.41, 5.74) is -0.651. The van der Waals surface area contributed by atoms with Gasteiger partial charge in [-0.25, -0.2) is 0 Å². The van der Waals surface area contributed by atoms with Gasteiger partial charge in [-0.15, -0.1) is 11.8 Å². The fourth-order valence-electron chi connectivity index (χ4n) is 1.96. The van der Waals surface area contributed by atoms with Crippen LogP contribution in [0.5, 0.6) is 0 Å². The summed E-state index contributed by atoms with van der Waals surface area (Å²) in [7, 11) is 0. The molecular formula is C11H15NO8S. The molecule has 118 valence electrons. The molecule has 1 rings (SSSR count). The van der Waals surface area contributed by atoms with Crippen molar-refractivity contribution in [3.8, 4) is 0 Å². The van der Waals surface area contributed by atoms with Gasteiger partial charge in [-0.1, -0.05) is 6.92 Å². The van der Waals surface area contributed by atoms with Crippen LogP contribution in [0.15, 0.2) is 0 Å². The minimum absolute atomic E-state index is 0.113. The molecular weight excluding hydrogens is 306 g/mol. The van der Waals surface area contributed by atoms with Crippen LogP contribution in [0.1, 0.15) is 6.92 Å². The molecule has 1 aliphatic heterocycles. The van der Waals surface area contributed by atoms with E-state index in [0.29, 0.717) is 12.2 Å². The van der Waals surface area contributed by atoms with E-state index in [2.05, 4.69) is 5.32 Å². The Morgan fingerprint density at radius 2 is 1.67 bits per heavy atom. The topological polar surface area (TPSA) is 117 Å². The zero-order valence-electron chi connectivity index (χ0n) is 11.1. The Kier molecular flexibility index (Phi) is 7.54. The fraction of sp³-hybridized carbons (Fsp3) is 0.636. The van der Waals surface area contributed by atoms with Gasteiger partial charge < -0.3 is 24.3 Å². The van der Waals surface area contributed by atoms with Crippen molar-refractivity contribution in [2.75, 3.05) is 5.75 Å². The Morgan fingerprint density at radius 3 is 2.19 bits per heavy atom. The van der Waals surface area contributed by atoms with Crippen LogP contribution in [0, 0.1) is 0 Å². The van der Waals surface area contributed by atoms with Crippen LogP contribution in [0.2, 0.25) is 0 Å². The largest absolute Gasteiger partial charge is 0.458 e. The van der Waals surface area contributed by atoms with Crippen molar-refractivity contribution in [3.63, 3.8) is 0 Å². The number of amides is 1. The highest BCUT2D eigenvalue weighted by Crippen LogP contribution is 2.31. The van der Waals surface area contributed by atoms with E-state index in [-0.39, 0.29) is 19.4 Å². The molecule has 1 fully saturated rings. The van der Waals surface area contributed by atoms with Gasteiger partial charge in [0.15, 0.2) is 6.10 Å². The Bertz CT molecular complexity index is 368. The van der Waals surface area contributed by atoms with E-state index in [1.54, 1.807) is 0 Å². The predicted octanol–water partition coefficient (Wildman–Crippen LogP) is -1.21. The average Bonchev–Trinajstić information content (AvgIpc) is 2.47. The Labute approximate surface area is 124 Å². The van der Waals surface area contributed by atoms with Crippen molar-refractivity contribution >= 4 is 37.6 Å². The highest BCUT2D eigenvalue weighted by Gasteiger charge is 2.50. The van der Waals surface area contributed by atoms with Crippen molar-refractivity contribution in [3.05, 3.63) is 0 Å². The van der Waals surface area contributed by atoms with Gasteiger partial charge in [0, 0.05) is 0 Å². The van der Waals surface area contributed by atoms with Gasteiger partial charge in [-0.2, -0.15) is 0 Å². The Balaban J connectivity index is 3.05. The quantitative estimate of drug-likeness (QED) is 0.391. The number of hydrogen-bond donors (Lipinski definition) is 1. The lowest BCUT2D eigenvalue weighted by molar-refractivity contribution is -0.251. The number of carbonyl (C=O) groups excluding carboxylic acids is 4. The van der Waals surface area contributed by atoms with Gasteiger partial charge in [0.25, 0.3) is 19.4 Å². The molecule has 0 radical (unpaired) electrons. The lowest BCUT2D eigenvalue weighted by Crippen LogP contribution is -2.63. The number of hydrogen-bond acceptors (Lipinski definition) is 9. The van der Waals surface area contributed by atoms with Gasteiger partial charge >= 0.3 is 0 Å². The smallest absolute Gasteiger partial charge is 0.295 e. The monoisotopic (exact) mass is 321 g/mol. The Hall–Kier alpha value is -1.81. The molecule has 1 heterocycles. The molecule has 1 aliphatic rings. The molecule has 1 amide bonds. The molecule has 0 aromatic heterocycles. The second-order valence-electron chi connectivity index (χ2n) is 3.76. The van der Waals surface area contributed by atoms with Crippen LogP contribution >= 0.6 is 11.8 Å². The van der Waals surface area contributed by atoms with Crippen LogP contribution in [-0.4, -0.2) is 61.6 Å². The summed E-state index contributed by atoms with van der Waals surface area (Å²) in [6, 6.07) is -0.769. The van der Waals surface area contributed by atoms with Gasteiger partial charge in [-0.3, -0.25) is 19.2 Å². The fourth-order valence-corrected chi connectivity index (χ4v) is 2.92. The summed E-state index contributed by atoms with van der Waals surface area (Å²) in [4.78, 5) is 42.5. The molecule has 21 heavy (non-hydrogen) atoms. The van der Waals surface area contributed by atoms with Crippen molar-refractivity contribution in [2.24, 2.45) is 0 Å². The van der Waals surface area contributed by atoms with E-state index in [1.165, 1.54) is 11.8 Å². The molecule has 0 aliphatic carbocycles. The minimum atomic E-state index is -1.24. The maximum absolute atomic E-state index is 10.7. The first-order valence-electron chi connectivity index (χ1n) is 5.97. The number of ether oxygens (including phenoxy) is 4. The second kappa shape index (κ2) is 9.19. The van der Waals surface area contributed by atoms with E-state index in [9.17, 15) is 19.2 Å². The molecule has 0 saturated carbocycles. The molecule has 0 bridgehead atoms. The number of thioether (sulfide) groups is 1. The standard InChI is InChI=1S/C11H15NO8S/c1-2-21-11-7(12-3-13)8(17-4-14)9(18-5-15)10(20-11)19-6-16/h3-11H,2H2,1H3,(H,12,13). The van der Waals surface area contributed by atoms with Crippen LogP contribution < -0.4 is 5.32 Å². The highest BCUT2D eigenvalue weighted by atomic mass is 32.2. The van der Waals surface area contributed by atoms with Gasteiger partial charge in [0.2, 0.25) is 18.8 Å². The van der Waals surface area contributed by atoms with Crippen LogP contribution in [0.4, 0.5) is 0 Å². The zero-order chi connectivity index (χ0) is 15.7. The summed E-state index contributed by atoms with van der Waals surface area (Å²) < 4.78 is 19.9. The second-order valence-corrected chi connectivity index (χ2v) is 5.14. The summed E-state index contributed by atoms with van der Waals surface area (Å²) >= 11 is 1.30. The van der Waals surface area contributed by atoms with E-state index in [4.69, 9.17) is 18.9 Å². The van der Waals surface area contributed by atoms with Crippen molar-refractivity contribution in [1.29, 1.82) is 0 Å². The third-order valence-electron chi connectivity index (χ3n) is 2.71. The predicted molar refractivity (Wildman–Crippen MR) is 68.8 cm³/mol. The first-order chi connectivity index (χ1) is 10.2. The summed E-state index contributed by atoms with van der Waals surface area (Å²) in [6.45, 7) is 2.25. The highest BCUT2D eigenvalue weighted by molar-refractivity contribution is 7.99. The van der Waals surface area contributed by atoms with Crippen molar-refractivity contribution in [1.82, 2.24) is 5.32 Å². The minimum Gasteiger partial charge on any atom is -0.458 e. The summed E-state index contributed by atoms with van der Waals surface area (Å²) in [6.07, 6.45) is -3.08. The van der Waals surface area contributed by atoms with Gasteiger partial charge in [-0.05, 0) is 5.75 Å². The first-order valence-corrected chi connectivity index (χ1v) is 7.02. The lowest BCUT2D eigenvalue weighted by atomic mass is 10.0. The van der Waals surface area contributed by atoms with E-state index < -0.39 is 30.0 Å². The SMILES string of the molecule is CCSC1OC(OC=O)C(OC=O)C(OC=O)C1NC=O. The maximum Gasteiger partial charge on any atom is 0.295 e. The molecule has 0 aromatic rings. The van der Waals surface area contributed by atoms with Crippen LogP contribution in [0.3, 0.4) is 0 Å². The van der Waals surface area contributed by atoms with E-state index >= 15 is 0 Å². The molecule has 10 heteroatoms. The molecule has 9 nitrogen and oxygen atoms in total. The van der Waals surface area contributed by atoms with Gasteiger partial charge in [0.05, 0.1) is 0 Å². The van der Waals surface area contributed by atoms with E-state index in [1.807, 2.05) is 6.92 Å². The number of carbonyl (C=O) groups is 4. The van der Waals surface area contributed by atoms with E-state index in [0.717, 1.165) is 0 Å². The zero-order valence-corrected chi connectivity index (χ0v) is 11.9. The number of nitrogens with one attached hydrogen (secondary N) is 1. The molecule has 0 aromatic carbocycles. The summed E-state index contributed by atoms with van der Waals surface area (Å²) in [5, 5.41) is 2.46. The number of rotatable bonds is 10. The molecule has 5 atom stereocenters.